The summed E-state index contributed by atoms with van der Waals surface area (Å²) in [6, 6.07) is 26.3. The lowest BCUT2D eigenvalue weighted by molar-refractivity contribution is -0.401. The SMILES string of the molecule is COC(=O)C(=C\C=C\C1=[N+](C)c2ccc3ccccc3c2C1(C)C)/C(C)=C/C=C1/N(CCCCCCC(C)C)c2ccc3ccccc3c2C1(C)C. The second-order valence-electron chi connectivity index (χ2n) is 16.1. The van der Waals surface area contributed by atoms with Gasteiger partial charge in [0, 0.05) is 41.1 Å². The molecular formula is C48H57N2O2+. The molecule has 0 N–H and O–H groups in total. The van der Waals surface area contributed by atoms with E-state index in [-0.39, 0.29) is 16.8 Å². The van der Waals surface area contributed by atoms with Crippen LogP contribution in [0.5, 0.6) is 0 Å². The number of ether oxygens (including phenoxy) is 1. The molecule has 0 amide bonds. The maximum atomic E-state index is 13.3. The molecule has 0 saturated heterocycles. The number of benzene rings is 4. The number of carbonyl (C=O) groups is 1. The van der Waals surface area contributed by atoms with Gasteiger partial charge in [-0.3, -0.25) is 0 Å². The number of unbranched alkanes of at least 4 members (excludes halogenated alkanes) is 3. The molecule has 2 aliphatic heterocycles. The summed E-state index contributed by atoms with van der Waals surface area (Å²) in [4.78, 5) is 15.8. The minimum atomic E-state index is -0.340. The first-order chi connectivity index (χ1) is 24.9. The number of anilines is 1. The Labute approximate surface area is 311 Å². The summed E-state index contributed by atoms with van der Waals surface area (Å²) in [6.07, 6.45) is 16.6. The molecule has 4 nitrogen and oxygen atoms in total. The Morgan fingerprint density at radius 1 is 0.808 bits per heavy atom. The van der Waals surface area contributed by atoms with Crippen molar-refractivity contribution in [2.24, 2.45) is 5.92 Å². The maximum absolute atomic E-state index is 13.3. The van der Waals surface area contributed by atoms with Crippen LogP contribution in [-0.2, 0) is 20.4 Å². The van der Waals surface area contributed by atoms with E-state index in [9.17, 15) is 4.79 Å². The summed E-state index contributed by atoms with van der Waals surface area (Å²) < 4.78 is 7.60. The molecule has 4 aromatic rings. The van der Waals surface area contributed by atoms with Crippen molar-refractivity contribution in [2.45, 2.75) is 91.4 Å². The fraction of sp³-hybridized carbons (Fsp3) is 0.375. The van der Waals surface area contributed by atoms with Gasteiger partial charge in [0.1, 0.15) is 7.05 Å². The largest absolute Gasteiger partial charge is 0.465 e. The van der Waals surface area contributed by atoms with E-state index in [0.717, 1.165) is 24.5 Å². The molecule has 0 bridgehead atoms. The monoisotopic (exact) mass is 693 g/mol. The highest BCUT2D eigenvalue weighted by molar-refractivity contribution is 6.08. The predicted molar refractivity (Wildman–Crippen MR) is 221 cm³/mol. The summed E-state index contributed by atoms with van der Waals surface area (Å²) in [6.45, 7) is 16.9. The van der Waals surface area contributed by atoms with E-state index < -0.39 is 0 Å². The zero-order chi connectivity index (χ0) is 37.2. The number of hydrogen-bond acceptors (Lipinski definition) is 3. The number of allylic oxidation sites excluding steroid dienone is 6. The summed E-state index contributed by atoms with van der Waals surface area (Å²) >= 11 is 0. The van der Waals surface area contributed by atoms with Crippen molar-refractivity contribution in [3.8, 4) is 0 Å². The third-order valence-electron chi connectivity index (χ3n) is 11.4. The van der Waals surface area contributed by atoms with Crippen molar-refractivity contribution in [1.29, 1.82) is 0 Å². The van der Waals surface area contributed by atoms with Crippen LogP contribution in [0, 0.1) is 5.92 Å². The first-order valence-electron chi connectivity index (χ1n) is 19.2. The smallest absolute Gasteiger partial charge is 0.338 e. The molecule has 6 rings (SSSR count). The van der Waals surface area contributed by atoms with Crippen LogP contribution in [0.4, 0.5) is 11.4 Å². The molecule has 4 heteroatoms. The number of fused-ring (bicyclic) bond motifs is 6. The molecule has 2 aliphatic rings. The van der Waals surface area contributed by atoms with Gasteiger partial charge in [0.05, 0.1) is 18.1 Å². The van der Waals surface area contributed by atoms with E-state index >= 15 is 0 Å². The fourth-order valence-electron chi connectivity index (χ4n) is 8.65. The number of esters is 1. The lowest BCUT2D eigenvalue weighted by Gasteiger charge is -2.27. The number of hydrogen-bond donors (Lipinski definition) is 0. The van der Waals surface area contributed by atoms with Crippen LogP contribution in [0.25, 0.3) is 21.5 Å². The Morgan fingerprint density at radius 3 is 2.12 bits per heavy atom. The number of methoxy groups -OCH3 is 1. The molecule has 0 radical (unpaired) electrons. The Bertz CT molecular complexity index is 2150. The van der Waals surface area contributed by atoms with E-state index in [1.807, 2.05) is 19.1 Å². The number of nitrogens with zero attached hydrogens (tertiary/aromatic N) is 2. The van der Waals surface area contributed by atoms with Gasteiger partial charge in [0.15, 0.2) is 5.71 Å². The number of rotatable bonds is 12. The Kier molecular flexibility index (Phi) is 10.8. The molecule has 0 aliphatic carbocycles. The van der Waals surface area contributed by atoms with Crippen LogP contribution in [0.15, 0.2) is 120 Å². The summed E-state index contributed by atoms with van der Waals surface area (Å²) in [5.74, 6) is 0.421. The Morgan fingerprint density at radius 2 is 1.44 bits per heavy atom. The quantitative estimate of drug-likeness (QED) is 0.0487. The Hall–Kier alpha value is -4.70. The van der Waals surface area contributed by atoms with Gasteiger partial charge in [-0.1, -0.05) is 120 Å². The lowest BCUT2D eigenvalue weighted by Crippen LogP contribution is -2.27. The van der Waals surface area contributed by atoms with Gasteiger partial charge in [0.2, 0.25) is 5.69 Å². The Balaban J connectivity index is 1.32. The molecule has 0 aromatic heterocycles. The molecule has 0 atom stereocenters. The first kappa shape index (κ1) is 37.1. The van der Waals surface area contributed by atoms with Crippen LogP contribution in [0.1, 0.15) is 91.7 Å². The van der Waals surface area contributed by atoms with E-state index in [2.05, 4.69) is 149 Å². The molecule has 270 valence electrons. The second kappa shape index (κ2) is 15.1. The zero-order valence-electron chi connectivity index (χ0n) is 32.8. The van der Waals surface area contributed by atoms with E-state index in [1.165, 1.54) is 88.2 Å². The molecule has 0 fully saturated rings. The average Bonchev–Trinajstić information content (AvgIpc) is 3.47. The van der Waals surface area contributed by atoms with Crippen LogP contribution in [0.2, 0.25) is 0 Å². The van der Waals surface area contributed by atoms with Crippen molar-refractivity contribution >= 4 is 44.6 Å². The molecule has 0 unspecified atom stereocenters. The number of carbonyl (C=O) groups excluding carboxylic acids is 1. The van der Waals surface area contributed by atoms with Gasteiger partial charge in [-0.25, -0.2) is 4.79 Å². The molecule has 0 saturated carbocycles. The van der Waals surface area contributed by atoms with Crippen molar-refractivity contribution in [1.82, 2.24) is 0 Å². The molecule has 52 heavy (non-hydrogen) atoms. The predicted octanol–water partition coefficient (Wildman–Crippen LogP) is 11.9. The van der Waals surface area contributed by atoms with Gasteiger partial charge in [-0.05, 0) is 90.1 Å². The highest BCUT2D eigenvalue weighted by Crippen LogP contribution is 2.51. The van der Waals surface area contributed by atoms with Crippen molar-refractivity contribution in [3.05, 3.63) is 131 Å². The van der Waals surface area contributed by atoms with Gasteiger partial charge >= 0.3 is 5.97 Å². The van der Waals surface area contributed by atoms with Gasteiger partial charge in [-0.2, -0.15) is 4.58 Å². The molecule has 0 spiro atoms. The minimum Gasteiger partial charge on any atom is -0.465 e. The molecule has 2 heterocycles. The highest BCUT2D eigenvalue weighted by atomic mass is 16.5. The van der Waals surface area contributed by atoms with Gasteiger partial charge in [0.25, 0.3) is 0 Å². The molecule has 4 aromatic carbocycles. The van der Waals surface area contributed by atoms with E-state index in [0.29, 0.717) is 5.57 Å². The maximum Gasteiger partial charge on any atom is 0.338 e. The van der Waals surface area contributed by atoms with Crippen molar-refractivity contribution < 1.29 is 14.1 Å². The van der Waals surface area contributed by atoms with Crippen LogP contribution in [0.3, 0.4) is 0 Å². The zero-order valence-corrected chi connectivity index (χ0v) is 32.8. The first-order valence-corrected chi connectivity index (χ1v) is 19.2. The third kappa shape index (κ3) is 6.93. The normalized spacial score (nSPS) is 17.7. The van der Waals surface area contributed by atoms with E-state index in [4.69, 9.17) is 4.74 Å². The fourth-order valence-corrected chi connectivity index (χ4v) is 8.65. The lowest BCUT2D eigenvalue weighted by atomic mass is 9.79. The molecular weight excluding hydrogens is 637 g/mol. The van der Waals surface area contributed by atoms with Crippen molar-refractivity contribution in [3.63, 3.8) is 0 Å². The van der Waals surface area contributed by atoms with Crippen LogP contribution < -0.4 is 4.90 Å². The third-order valence-corrected chi connectivity index (χ3v) is 11.4. The topological polar surface area (TPSA) is 32.6 Å². The minimum absolute atomic E-state index is 0.207. The summed E-state index contributed by atoms with van der Waals surface area (Å²) in [5, 5.41) is 5.10. The standard InChI is InChI=1S/C48H57N2O2/c1-33(2)19-12-10-11-17-32-50-41-30-28-36-21-14-16-23-39(36)45(41)48(6,7)43(50)31-26-34(3)37(46(51)52-9)24-18-25-42-47(4,5)44-38-22-15-13-20-35(38)27-29-40(44)49(42)8/h13-16,18,20-31,33H,10-12,17,19,32H2,1-9H3/q+1. The van der Waals surface area contributed by atoms with Crippen LogP contribution >= 0.6 is 0 Å². The summed E-state index contributed by atoms with van der Waals surface area (Å²) in [7, 11) is 3.59. The van der Waals surface area contributed by atoms with Gasteiger partial charge in [-0.15, -0.1) is 0 Å². The highest BCUT2D eigenvalue weighted by Gasteiger charge is 2.44. The summed E-state index contributed by atoms with van der Waals surface area (Å²) in [5.41, 5.74) is 8.66. The van der Waals surface area contributed by atoms with Gasteiger partial charge < -0.3 is 9.64 Å². The van der Waals surface area contributed by atoms with Crippen molar-refractivity contribution in [2.75, 3.05) is 25.6 Å². The van der Waals surface area contributed by atoms with E-state index in [1.54, 1.807) is 0 Å². The second-order valence-corrected chi connectivity index (χ2v) is 16.1. The van der Waals surface area contributed by atoms with Crippen LogP contribution in [-0.4, -0.2) is 37.0 Å². The average molecular weight is 694 g/mol.